The summed E-state index contributed by atoms with van der Waals surface area (Å²) in [6, 6.07) is 6.82. The van der Waals surface area contributed by atoms with E-state index in [4.69, 9.17) is 4.74 Å². The first-order chi connectivity index (χ1) is 9.51. The Bertz CT molecular complexity index is 443. The summed E-state index contributed by atoms with van der Waals surface area (Å²) in [6.45, 7) is 4.10. The van der Waals surface area contributed by atoms with E-state index in [1.54, 1.807) is 31.3 Å². The van der Waals surface area contributed by atoms with Crippen LogP contribution < -0.4 is 20.7 Å². The third kappa shape index (κ3) is 6.08. The molecule has 0 aromatic heterocycles. The first kappa shape index (κ1) is 15.8. The molecule has 0 radical (unpaired) electrons. The Morgan fingerprint density at radius 3 is 2.40 bits per heavy atom. The Morgan fingerprint density at radius 2 is 1.85 bits per heavy atom. The summed E-state index contributed by atoms with van der Waals surface area (Å²) in [5, 5.41) is 7.97. The number of rotatable bonds is 6. The molecule has 6 nitrogen and oxygen atoms in total. The number of hydrogen-bond acceptors (Lipinski definition) is 3. The van der Waals surface area contributed by atoms with Gasteiger partial charge < -0.3 is 20.7 Å². The van der Waals surface area contributed by atoms with E-state index in [0.717, 1.165) is 0 Å². The Morgan fingerprint density at radius 1 is 1.20 bits per heavy atom. The van der Waals surface area contributed by atoms with Crippen molar-refractivity contribution < 1.29 is 14.3 Å². The van der Waals surface area contributed by atoms with Gasteiger partial charge in [0.25, 0.3) is 0 Å². The van der Waals surface area contributed by atoms with E-state index in [1.807, 2.05) is 13.8 Å². The fraction of sp³-hybridized carbons (Fsp3) is 0.429. The zero-order valence-corrected chi connectivity index (χ0v) is 12.0. The standard InChI is InChI=1S/C14H21N3O3/c1-10(2)16-14(19)17-11-4-6-12(7-5-11)20-9-8-13(18)15-3/h4-7,10H,8-9H2,1-3H3,(H,15,18)(H2,16,17,19). The SMILES string of the molecule is CNC(=O)CCOc1ccc(NC(=O)NC(C)C)cc1. The summed E-state index contributed by atoms with van der Waals surface area (Å²) in [5.74, 6) is 0.595. The molecule has 0 saturated heterocycles. The van der Waals surface area contributed by atoms with E-state index in [1.165, 1.54) is 0 Å². The van der Waals surface area contributed by atoms with Crippen LogP contribution in [0.3, 0.4) is 0 Å². The Labute approximate surface area is 118 Å². The Kier molecular flexibility index (Phi) is 6.36. The van der Waals surface area contributed by atoms with E-state index in [2.05, 4.69) is 16.0 Å². The van der Waals surface area contributed by atoms with Gasteiger partial charge in [0.2, 0.25) is 5.91 Å². The van der Waals surface area contributed by atoms with E-state index in [9.17, 15) is 9.59 Å². The lowest BCUT2D eigenvalue weighted by atomic mass is 10.3. The number of benzene rings is 1. The van der Waals surface area contributed by atoms with Crippen molar-refractivity contribution in [2.45, 2.75) is 26.3 Å². The number of anilines is 1. The molecule has 0 bridgehead atoms. The second-order valence-corrected chi connectivity index (χ2v) is 4.55. The molecule has 0 aliphatic heterocycles. The van der Waals surface area contributed by atoms with E-state index < -0.39 is 0 Å². The van der Waals surface area contributed by atoms with Crippen LogP contribution in [0.2, 0.25) is 0 Å². The molecule has 6 heteroatoms. The van der Waals surface area contributed by atoms with Crippen molar-refractivity contribution in [2.24, 2.45) is 0 Å². The van der Waals surface area contributed by atoms with Crippen molar-refractivity contribution in [1.82, 2.24) is 10.6 Å². The molecule has 1 rings (SSSR count). The lowest BCUT2D eigenvalue weighted by Crippen LogP contribution is -2.34. The highest BCUT2D eigenvalue weighted by Crippen LogP contribution is 2.15. The minimum Gasteiger partial charge on any atom is -0.493 e. The van der Waals surface area contributed by atoms with E-state index in [-0.39, 0.29) is 18.0 Å². The monoisotopic (exact) mass is 279 g/mol. The summed E-state index contributed by atoms with van der Waals surface area (Å²) in [6.07, 6.45) is 0.313. The molecule has 3 amide bonds. The molecule has 0 spiro atoms. The molecular formula is C14H21N3O3. The number of hydrogen-bond donors (Lipinski definition) is 3. The molecule has 0 unspecified atom stereocenters. The van der Waals surface area contributed by atoms with Gasteiger partial charge in [-0.05, 0) is 38.1 Å². The molecule has 0 aliphatic rings. The van der Waals surface area contributed by atoms with Gasteiger partial charge in [-0.2, -0.15) is 0 Å². The van der Waals surface area contributed by atoms with Crippen LogP contribution in [-0.4, -0.2) is 31.6 Å². The van der Waals surface area contributed by atoms with Crippen molar-refractivity contribution in [3.8, 4) is 5.75 Å². The van der Waals surface area contributed by atoms with Crippen LogP contribution >= 0.6 is 0 Å². The fourth-order valence-corrected chi connectivity index (χ4v) is 1.45. The summed E-state index contributed by atoms with van der Waals surface area (Å²) in [4.78, 5) is 22.5. The minimum atomic E-state index is -0.242. The molecule has 0 aliphatic carbocycles. The van der Waals surface area contributed by atoms with Crippen molar-refractivity contribution in [1.29, 1.82) is 0 Å². The highest BCUT2D eigenvalue weighted by molar-refractivity contribution is 5.89. The third-order valence-corrected chi connectivity index (χ3v) is 2.41. The van der Waals surface area contributed by atoms with Crippen LogP contribution in [0.15, 0.2) is 24.3 Å². The van der Waals surface area contributed by atoms with E-state index in [0.29, 0.717) is 24.5 Å². The second kappa shape index (κ2) is 8.04. The zero-order valence-electron chi connectivity index (χ0n) is 12.0. The highest BCUT2D eigenvalue weighted by atomic mass is 16.5. The van der Waals surface area contributed by atoms with Gasteiger partial charge in [-0.3, -0.25) is 4.79 Å². The predicted octanol–water partition coefficient (Wildman–Crippen LogP) is 1.73. The largest absolute Gasteiger partial charge is 0.493 e. The van der Waals surface area contributed by atoms with Gasteiger partial charge in [-0.15, -0.1) is 0 Å². The molecule has 110 valence electrons. The maximum Gasteiger partial charge on any atom is 0.319 e. The van der Waals surface area contributed by atoms with E-state index >= 15 is 0 Å². The summed E-state index contributed by atoms with van der Waals surface area (Å²) in [7, 11) is 1.59. The van der Waals surface area contributed by atoms with Crippen molar-refractivity contribution in [3.63, 3.8) is 0 Å². The van der Waals surface area contributed by atoms with Gasteiger partial charge in [0, 0.05) is 18.8 Å². The number of ether oxygens (including phenoxy) is 1. The van der Waals surface area contributed by atoms with Crippen LogP contribution in [-0.2, 0) is 4.79 Å². The maximum absolute atomic E-state index is 11.5. The first-order valence-corrected chi connectivity index (χ1v) is 6.52. The second-order valence-electron chi connectivity index (χ2n) is 4.55. The average molecular weight is 279 g/mol. The van der Waals surface area contributed by atoms with Gasteiger partial charge in [0.1, 0.15) is 5.75 Å². The smallest absolute Gasteiger partial charge is 0.319 e. The van der Waals surface area contributed by atoms with Gasteiger partial charge in [-0.1, -0.05) is 0 Å². The molecule has 0 heterocycles. The average Bonchev–Trinajstić information content (AvgIpc) is 2.39. The van der Waals surface area contributed by atoms with Crippen molar-refractivity contribution in [2.75, 3.05) is 19.0 Å². The van der Waals surface area contributed by atoms with Gasteiger partial charge in [0.15, 0.2) is 0 Å². The number of nitrogens with one attached hydrogen (secondary N) is 3. The van der Waals surface area contributed by atoms with Crippen molar-refractivity contribution >= 4 is 17.6 Å². The first-order valence-electron chi connectivity index (χ1n) is 6.52. The summed E-state index contributed by atoms with van der Waals surface area (Å²) >= 11 is 0. The number of carbonyl (C=O) groups is 2. The summed E-state index contributed by atoms with van der Waals surface area (Å²) < 4.78 is 5.41. The van der Waals surface area contributed by atoms with Crippen LogP contribution in [0.5, 0.6) is 5.75 Å². The molecular weight excluding hydrogens is 258 g/mol. The van der Waals surface area contributed by atoms with Gasteiger partial charge in [0.05, 0.1) is 13.0 Å². The van der Waals surface area contributed by atoms with Gasteiger partial charge in [-0.25, -0.2) is 4.79 Å². The van der Waals surface area contributed by atoms with Crippen LogP contribution in [0.25, 0.3) is 0 Å². The number of carbonyl (C=O) groups excluding carboxylic acids is 2. The van der Waals surface area contributed by atoms with Crippen molar-refractivity contribution in [3.05, 3.63) is 24.3 Å². The molecule has 0 fully saturated rings. The summed E-state index contributed by atoms with van der Waals surface area (Å²) in [5.41, 5.74) is 0.682. The number of amides is 3. The quantitative estimate of drug-likeness (QED) is 0.742. The lowest BCUT2D eigenvalue weighted by Gasteiger charge is -2.11. The van der Waals surface area contributed by atoms with Crippen LogP contribution in [0.4, 0.5) is 10.5 Å². The molecule has 0 atom stereocenters. The fourth-order valence-electron chi connectivity index (χ4n) is 1.45. The maximum atomic E-state index is 11.5. The Hall–Kier alpha value is -2.24. The lowest BCUT2D eigenvalue weighted by molar-refractivity contribution is -0.121. The molecule has 1 aromatic carbocycles. The minimum absolute atomic E-state index is 0.0614. The molecule has 3 N–H and O–H groups in total. The Balaban J connectivity index is 2.40. The predicted molar refractivity (Wildman–Crippen MR) is 77.9 cm³/mol. The third-order valence-electron chi connectivity index (χ3n) is 2.41. The normalized spacial score (nSPS) is 10.0. The van der Waals surface area contributed by atoms with Crippen LogP contribution in [0.1, 0.15) is 20.3 Å². The topological polar surface area (TPSA) is 79.5 Å². The van der Waals surface area contributed by atoms with Gasteiger partial charge >= 0.3 is 6.03 Å². The highest BCUT2D eigenvalue weighted by Gasteiger charge is 2.03. The molecule has 1 aromatic rings. The van der Waals surface area contributed by atoms with Crippen LogP contribution in [0, 0.1) is 0 Å². The number of urea groups is 1. The zero-order chi connectivity index (χ0) is 15.0. The molecule has 20 heavy (non-hydrogen) atoms. The molecule has 0 saturated carbocycles.